The van der Waals surface area contributed by atoms with Crippen molar-refractivity contribution in [3.8, 4) is 0 Å². The zero-order chi connectivity index (χ0) is 20.7. The van der Waals surface area contributed by atoms with Crippen molar-refractivity contribution in [2.75, 3.05) is 19.4 Å². The molecule has 2 amide bonds. The van der Waals surface area contributed by atoms with Crippen LogP contribution in [0.3, 0.4) is 0 Å². The number of nitro benzene ring substituents is 1. The van der Waals surface area contributed by atoms with E-state index in [2.05, 4.69) is 10.6 Å². The van der Waals surface area contributed by atoms with Gasteiger partial charge in [0.15, 0.2) is 5.11 Å². The van der Waals surface area contributed by atoms with E-state index in [1.807, 2.05) is 18.2 Å². The van der Waals surface area contributed by atoms with Gasteiger partial charge in [0, 0.05) is 43.9 Å². The van der Waals surface area contributed by atoms with E-state index in [0.717, 1.165) is 5.56 Å². The maximum Gasteiger partial charge on any atom is 0.269 e. The second kappa shape index (κ2) is 9.56. The van der Waals surface area contributed by atoms with Crippen LogP contribution in [0.15, 0.2) is 48.5 Å². The number of hydrogen-bond donors (Lipinski definition) is 2. The van der Waals surface area contributed by atoms with E-state index in [1.165, 1.54) is 24.3 Å². The highest BCUT2D eigenvalue weighted by Crippen LogP contribution is 2.14. The quantitative estimate of drug-likeness (QED) is 0.439. The van der Waals surface area contributed by atoms with Crippen molar-refractivity contribution in [3.05, 3.63) is 69.8 Å². The summed E-state index contributed by atoms with van der Waals surface area (Å²) < 4.78 is 0. The summed E-state index contributed by atoms with van der Waals surface area (Å²) in [5, 5.41) is 16.2. The number of anilines is 1. The van der Waals surface area contributed by atoms with Crippen molar-refractivity contribution in [1.82, 2.24) is 10.2 Å². The Kier molecular flexibility index (Phi) is 7.16. The topological polar surface area (TPSA) is 105 Å². The third-order valence-electron chi connectivity index (χ3n) is 3.88. The van der Waals surface area contributed by atoms with E-state index in [0.29, 0.717) is 18.5 Å². The number of benzene rings is 2. The summed E-state index contributed by atoms with van der Waals surface area (Å²) in [6.45, 7) is 0. The first-order chi connectivity index (χ1) is 13.3. The number of amides is 2. The highest BCUT2D eigenvalue weighted by molar-refractivity contribution is 7.80. The number of carbonyl (C=O) groups is 2. The van der Waals surface area contributed by atoms with Crippen molar-refractivity contribution >= 4 is 40.5 Å². The van der Waals surface area contributed by atoms with Crippen LogP contribution < -0.4 is 10.6 Å². The number of nitro groups is 1. The van der Waals surface area contributed by atoms with Crippen molar-refractivity contribution in [2.45, 2.75) is 12.8 Å². The van der Waals surface area contributed by atoms with Crippen molar-refractivity contribution in [2.24, 2.45) is 0 Å². The van der Waals surface area contributed by atoms with Crippen LogP contribution in [0.1, 0.15) is 22.3 Å². The summed E-state index contributed by atoms with van der Waals surface area (Å²) in [6.07, 6.45) is 0.992. The van der Waals surface area contributed by atoms with Gasteiger partial charge in [-0.05, 0) is 48.5 Å². The lowest BCUT2D eigenvalue weighted by atomic mass is 10.1. The van der Waals surface area contributed by atoms with Crippen LogP contribution in [-0.4, -0.2) is 40.8 Å². The maximum absolute atomic E-state index is 12.2. The van der Waals surface area contributed by atoms with Crippen LogP contribution >= 0.6 is 12.2 Å². The number of thiocarbonyl (C=S) groups is 1. The molecule has 0 spiro atoms. The van der Waals surface area contributed by atoms with Crippen molar-refractivity contribution < 1.29 is 14.5 Å². The SMILES string of the molecule is CN(C)C(=O)CCc1cccc(NC(=S)NC(=O)c2ccc([N+](=O)[O-])cc2)c1. The Hall–Kier alpha value is -3.33. The molecule has 2 rings (SSSR count). The van der Waals surface area contributed by atoms with Gasteiger partial charge in [-0.15, -0.1) is 0 Å². The second-order valence-electron chi connectivity index (χ2n) is 6.20. The number of hydrogen-bond acceptors (Lipinski definition) is 5. The van der Waals surface area contributed by atoms with Gasteiger partial charge in [0.1, 0.15) is 0 Å². The van der Waals surface area contributed by atoms with Gasteiger partial charge in [-0.1, -0.05) is 12.1 Å². The summed E-state index contributed by atoms with van der Waals surface area (Å²) in [6, 6.07) is 12.6. The fraction of sp³-hybridized carbons (Fsp3) is 0.211. The molecule has 9 heteroatoms. The summed E-state index contributed by atoms with van der Waals surface area (Å²) in [4.78, 5) is 35.6. The first-order valence-electron chi connectivity index (χ1n) is 8.42. The monoisotopic (exact) mass is 400 g/mol. The minimum Gasteiger partial charge on any atom is -0.349 e. The molecule has 0 saturated carbocycles. The standard InChI is InChI=1S/C19H20N4O4S/c1-22(2)17(24)11-6-13-4-3-5-15(12-13)20-19(28)21-18(25)14-7-9-16(10-8-14)23(26)27/h3-5,7-10,12H,6,11H2,1-2H3,(H2,20,21,25,28). The fourth-order valence-corrected chi connectivity index (χ4v) is 2.56. The lowest BCUT2D eigenvalue weighted by molar-refractivity contribution is -0.384. The molecule has 8 nitrogen and oxygen atoms in total. The molecule has 0 bridgehead atoms. The van der Waals surface area contributed by atoms with Gasteiger partial charge in [0.05, 0.1) is 4.92 Å². The zero-order valence-corrected chi connectivity index (χ0v) is 16.3. The lowest BCUT2D eigenvalue weighted by Crippen LogP contribution is -2.34. The molecule has 0 fully saturated rings. The fourth-order valence-electron chi connectivity index (χ4n) is 2.35. The summed E-state index contributed by atoms with van der Waals surface area (Å²) in [5.41, 5.74) is 1.81. The Bertz CT molecular complexity index is 897. The van der Waals surface area contributed by atoms with Gasteiger partial charge in [0.2, 0.25) is 5.91 Å². The van der Waals surface area contributed by atoms with E-state index >= 15 is 0 Å². The molecule has 0 radical (unpaired) electrons. The summed E-state index contributed by atoms with van der Waals surface area (Å²) in [5.74, 6) is -0.427. The molecule has 0 aromatic heterocycles. The minimum atomic E-state index is -0.535. The molecule has 28 heavy (non-hydrogen) atoms. The van der Waals surface area contributed by atoms with Crippen molar-refractivity contribution in [1.29, 1.82) is 0 Å². The van der Waals surface area contributed by atoms with E-state index in [-0.39, 0.29) is 22.3 Å². The van der Waals surface area contributed by atoms with E-state index in [4.69, 9.17) is 12.2 Å². The number of nitrogens with zero attached hydrogens (tertiary/aromatic N) is 2. The third kappa shape index (κ3) is 6.13. The third-order valence-corrected chi connectivity index (χ3v) is 4.08. The normalized spacial score (nSPS) is 10.1. The summed E-state index contributed by atoms with van der Waals surface area (Å²) >= 11 is 5.15. The van der Waals surface area contributed by atoms with Crippen LogP contribution in [0, 0.1) is 10.1 Å². The van der Waals surface area contributed by atoms with Crippen LogP contribution in [0.4, 0.5) is 11.4 Å². The van der Waals surface area contributed by atoms with E-state index in [1.54, 1.807) is 25.1 Å². The molecule has 2 aromatic rings. The van der Waals surface area contributed by atoms with E-state index < -0.39 is 10.8 Å². The molecule has 0 heterocycles. The number of rotatable bonds is 6. The molecular formula is C19H20N4O4S. The Labute approximate surface area is 167 Å². The predicted octanol–water partition coefficient (Wildman–Crippen LogP) is 2.74. The summed E-state index contributed by atoms with van der Waals surface area (Å²) in [7, 11) is 3.43. The Morgan fingerprint density at radius 1 is 1.14 bits per heavy atom. The van der Waals surface area contributed by atoms with E-state index in [9.17, 15) is 19.7 Å². The minimum absolute atomic E-state index is 0.0456. The molecule has 0 atom stereocenters. The van der Waals surface area contributed by atoms with Crippen LogP contribution in [0.25, 0.3) is 0 Å². The Morgan fingerprint density at radius 3 is 2.43 bits per heavy atom. The largest absolute Gasteiger partial charge is 0.349 e. The maximum atomic E-state index is 12.2. The molecule has 0 unspecified atom stereocenters. The average molecular weight is 400 g/mol. The van der Waals surface area contributed by atoms with Gasteiger partial charge in [-0.2, -0.15) is 0 Å². The van der Waals surface area contributed by atoms with Gasteiger partial charge >= 0.3 is 0 Å². The number of carbonyl (C=O) groups excluding carboxylic acids is 2. The lowest BCUT2D eigenvalue weighted by Gasteiger charge is -2.12. The molecule has 2 aromatic carbocycles. The molecular weight excluding hydrogens is 380 g/mol. The smallest absolute Gasteiger partial charge is 0.269 e. The first-order valence-corrected chi connectivity index (χ1v) is 8.83. The van der Waals surface area contributed by atoms with Crippen LogP contribution in [0.5, 0.6) is 0 Å². The number of aryl methyl sites for hydroxylation is 1. The first kappa shape index (κ1) is 21.0. The zero-order valence-electron chi connectivity index (χ0n) is 15.5. The van der Waals surface area contributed by atoms with Crippen LogP contribution in [-0.2, 0) is 11.2 Å². The Morgan fingerprint density at radius 2 is 1.82 bits per heavy atom. The van der Waals surface area contributed by atoms with Gasteiger partial charge < -0.3 is 10.2 Å². The van der Waals surface area contributed by atoms with Gasteiger partial charge in [-0.3, -0.25) is 25.0 Å². The number of nitrogens with one attached hydrogen (secondary N) is 2. The molecule has 146 valence electrons. The average Bonchev–Trinajstić information content (AvgIpc) is 2.66. The molecule has 2 N–H and O–H groups in total. The van der Waals surface area contributed by atoms with Crippen LogP contribution in [0.2, 0.25) is 0 Å². The highest BCUT2D eigenvalue weighted by Gasteiger charge is 2.11. The second-order valence-corrected chi connectivity index (χ2v) is 6.61. The number of non-ortho nitro benzene ring substituents is 1. The molecule has 0 aliphatic rings. The molecule has 0 aliphatic heterocycles. The molecule has 0 saturated heterocycles. The van der Waals surface area contributed by atoms with Gasteiger partial charge in [-0.25, -0.2) is 0 Å². The molecule has 0 aliphatic carbocycles. The Balaban J connectivity index is 1.93. The predicted molar refractivity (Wildman–Crippen MR) is 110 cm³/mol. The van der Waals surface area contributed by atoms with Gasteiger partial charge in [0.25, 0.3) is 11.6 Å². The van der Waals surface area contributed by atoms with Crippen molar-refractivity contribution in [3.63, 3.8) is 0 Å². The highest BCUT2D eigenvalue weighted by atomic mass is 32.1.